The first kappa shape index (κ1) is 13.2. The number of anilines is 1. The lowest BCUT2D eigenvalue weighted by molar-refractivity contribution is 0.372. The van der Waals surface area contributed by atoms with Gasteiger partial charge in [-0.25, -0.2) is 0 Å². The Morgan fingerprint density at radius 1 is 1.61 bits per heavy atom. The van der Waals surface area contributed by atoms with Crippen molar-refractivity contribution >= 4 is 22.9 Å². The van der Waals surface area contributed by atoms with Crippen LogP contribution in [0, 0.1) is 0 Å². The Morgan fingerprint density at radius 2 is 2.39 bits per heavy atom. The van der Waals surface area contributed by atoms with Crippen LogP contribution in [-0.4, -0.2) is 48.1 Å². The second-order valence-electron chi connectivity index (χ2n) is 5.01. The molecule has 1 atom stereocenters. The molecule has 0 amide bonds. The largest absolute Gasteiger partial charge is 0.389 e. The van der Waals surface area contributed by atoms with Gasteiger partial charge in [0.2, 0.25) is 0 Å². The van der Waals surface area contributed by atoms with Gasteiger partial charge in [0.05, 0.1) is 11.9 Å². The van der Waals surface area contributed by atoms with Gasteiger partial charge < -0.3 is 15.5 Å². The summed E-state index contributed by atoms with van der Waals surface area (Å²) in [6.07, 6.45) is 6.05. The van der Waals surface area contributed by atoms with Gasteiger partial charge in [0.15, 0.2) is 0 Å². The normalized spacial score (nSPS) is 19.5. The summed E-state index contributed by atoms with van der Waals surface area (Å²) in [6.45, 7) is 2.10. The highest BCUT2D eigenvalue weighted by atomic mass is 32.1. The van der Waals surface area contributed by atoms with E-state index >= 15 is 0 Å². The fourth-order valence-electron chi connectivity index (χ4n) is 2.59. The van der Waals surface area contributed by atoms with Gasteiger partial charge in [-0.2, -0.15) is 0 Å². The zero-order valence-electron chi connectivity index (χ0n) is 11.0. The summed E-state index contributed by atoms with van der Waals surface area (Å²) in [7, 11) is 4.21. The van der Waals surface area contributed by atoms with Gasteiger partial charge in [0, 0.05) is 30.9 Å². The van der Waals surface area contributed by atoms with Gasteiger partial charge in [-0.15, -0.1) is 0 Å². The van der Waals surface area contributed by atoms with Crippen molar-refractivity contribution in [3.63, 3.8) is 0 Å². The van der Waals surface area contributed by atoms with Crippen molar-refractivity contribution in [2.45, 2.75) is 18.9 Å². The summed E-state index contributed by atoms with van der Waals surface area (Å²) in [5.74, 6) is 0. The first-order valence-corrected chi connectivity index (χ1v) is 6.65. The molecule has 1 saturated heterocycles. The number of likely N-dealkylation sites (N-methyl/N-ethyl adjacent to an activating group) is 1. The average molecular weight is 264 g/mol. The van der Waals surface area contributed by atoms with E-state index in [1.54, 1.807) is 6.20 Å². The maximum atomic E-state index is 5.80. The molecule has 2 rings (SSSR count). The minimum absolute atomic E-state index is 0.447. The van der Waals surface area contributed by atoms with E-state index in [0.29, 0.717) is 11.0 Å². The van der Waals surface area contributed by atoms with Crippen LogP contribution in [0.3, 0.4) is 0 Å². The molecular weight excluding hydrogens is 244 g/mol. The van der Waals surface area contributed by atoms with Crippen LogP contribution >= 0.6 is 12.2 Å². The highest BCUT2D eigenvalue weighted by molar-refractivity contribution is 7.80. The lowest BCUT2D eigenvalue weighted by Gasteiger charge is -2.30. The maximum Gasteiger partial charge on any atom is 0.106 e. The van der Waals surface area contributed by atoms with Crippen LogP contribution in [0.1, 0.15) is 18.4 Å². The topological polar surface area (TPSA) is 45.4 Å². The van der Waals surface area contributed by atoms with Gasteiger partial charge in [-0.05, 0) is 33.0 Å². The number of thiocarbonyl (C=S) groups is 1. The van der Waals surface area contributed by atoms with Crippen LogP contribution in [0.15, 0.2) is 18.5 Å². The first-order chi connectivity index (χ1) is 8.59. The lowest BCUT2D eigenvalue weighted by Crippen LogP contribution is -2.38. The van der Waals surface area contributed by atoms with Crippen LogP contribution < -0.4 is 10.6 Å². The molecule has 0 aliphatic carbocycles. The van der Waals surface area contributed by atoms with Crippen molar-refractivity contribution in [2.24, 2.45) is 5.73 Å². The minimum Gasteiger partial charge on any atom is -0.389 e. The molecule has 1 aliphatic heterocycles. The number of rotatable bonds is 4. The van der Waals surface area contributed by atoms with E-state index in [1.807, 2.05) is 12.3 Å². The summed E-state index contributed by atoms with van der Waals surface area (Å²) in [4.78, 5) is 9.27. The molecule has 0 radical (unpaired) electrons. The van der Waals surface area contributed by atoms with Gasteiger partial charge in [0.1, 0.15) is 4.99 Å². The fourth-order valence-corrected chi connectivity index (χ4v) is 2.76. The van der Waals surface area contributed by atoms with Crippen molar-refractivity contribution < 1.29 is 0 Å². The Labute approximate surface area is 114 Å². The molecule has 0 spiro atoms. The van der Waals surface area contributed by atoms with E-state index in [0.717, 1.165) is 24.3 Å². The predicted molar refractivity (Wildman–Crippen MR) is 79.0 cm³/mol. The zero-order valence-corrected chi connectivity index (χ0v) is 11.8. The Balaban J connectivity index is 2.27. The zero-order chi connectivity index (χ0) is 13.1. The van der Waals surface area contributed by atoms with E-state index in [1.165, 1.54) is 12.8 Å². The van der Waals surface area contributed by atoms with Gasteiger partial charge in [-0.3, -0.25) is 4.98 Å². The van der Waals surface area contributed by atoms with Crippen molar-refractivity contribution in [1.29, 1.82) is 0 Å². The van der Waals surface area contributed by atoms with E-state index < -0.39 is 0 Å². The van der Waals surface area contributed by atoms with Crippen molar-refractivity contribution in [3.8, 4) is 0 Å². The average Bonchev–Trinajstić information content (AvgIpc) is 2.76. The van der Waals surface area contributed by atoms with Crippen LogP contribution in [0.25, 0.3) is 0 Å². The highest BCUT2D eigenvalue weighted by Crippen LogP contribution is 2.28. The maximum absolute atomic E-state index is 5.80. The molecule has 18 heavy (non-hydrogen) atoms. The highest BCUT2D eigenvalue weighted by Gasteiger charge is 2.27. The van der Waals surface area contributed by atoms with Crippen molar-refractivity contribution in [3.05, 3.63) is 24.0 Å². The molecule has 1 fully saturated rings. The first-order valence-electron chi connectivity index (χ1n) is 6.25. The van der Waals surface area contributed by atoms with Crippen molar-refractivity contribution in [2.75, 3.05) is 32.1 Å². The van der Waals surface area contributed by atoms with Gasteiger partial charge in [0.25, 0.3) is 0 Å². The van der Waals surface area contributed by atoms with Crippen LogP contribution in [0.2, 0.25) is 0 Å². The molecule has 1 unspecified atom stereocenters. The summed E-state index contributed by atoms with van der Waals surface area (Å²) in [6, 6.07) is 2.43. The Bertz CT molecular complexity index is 433. The summed E-state index contributed by atoms with van der Waals surface area (Å²) < 4.78 is 0. The third kappa shape index (κ3) is 2.79. The third-order valence-electron chi connectivity index (χ3n) is 3.33. The Kier molecular flexibility index (Phi) is 4.14. The number of nitrogens with zero attached hydrogens (tertiary/aromatic N) is 3. The van der Waals surface area contributed by atoms with Crippen LogP contribution in [0.4, 0.5) is 5.69 Å². The molecule has 2 N–H and O–H groups in total. The quantitative estimate of drug-likeness (QED) is 0.829. The fraction of sp³-hybridized carbons (Fsp3) is 0.538. The molecule has 0 saturated carbocycles. The standard InChI is InChI=1S/C13H20N4S/c1-16(2)9-10-4-3-7-17(10)12-8-15-6-5-11(12)13(14)18/h5-6,8,10H,3-4,7,9H2,1-2H3,(H2,14,18). The molecule has 2 heterocycles. The number of nitrogens with two attached hydrogens (primary N) is 1. The smallest absolute Gasteiger partial charge is 0.106 e. The van der Waals surface area contributed by atoms with Crippen LogP contribution in [0.5, 0.6) is 0 Å². The summed E-state index contributed by atoms with van der Waals surface area (Å²) >= 11 is 5.12. The van der Waals surface area contributed by atoms with E-state index in [9.17, 15) is 0 Å². The van der Waals surface area contributed by atoms with Gasteiger partial charge in [-0.1, -0.05) is 12.2 Å². The molecule has 1 aromatic heterocycles. The second-order valence-corrected chi connectivity index (χ2v) is 5.45. The minimum atomic E-state index is 0.447. The second kappa shape index (κ2) is 5.63. The predicted octanol–water partition coefficient (Wildman–Crippen LogP) is 1.25. The number of hydrogen-bond donors (Lipinski definition) is 1. The van der Waals surface area contributed by atoms with Gasteiger partial charge >= 0.3 is 0 Å². The molecular formula is C13H20N4S. The molecule has 5 heteroatoms. The van der Waals surface area contributed by atoms with E-state index in [2.05, 4.69) is 28.9 Å². The molecule has 1 aromatic rings. The molecule has 0 bridgehead atoms. The summed E-state index contributed by atoms with van der Waals surface area (Å²) in [5, 5.41) is 0. The third-order valence-corrected chi connectivity index (χ3v) is 3.55. The van der Waals surface area contributed by atoms with E-state index in [4.69, 9.17) is 18.0 Å². The molecule has 98 valence electrons. The van der Waals surface area contributed by atoms with Crippen LogP contribution in [-0.2, 0) is 0 Å². The SMILES string of the molecule is CN(C)CC1CCCN1c1cnccc1C(N)=S. The number of hydrogen-bond acceptors (Lipinski definition) is 4. The number of aromatic nitrogens is 1. The summed E-state index contributed by atoms with van der Waals surface area (Å²) in [5.41, 5.74) is 7.81. The molecule has 4 nitrogen and oxygen atoms in total. The van der Waals surface area contributed by atoms with E-state index in [-0.39, 0.29) is 0 Å². The van der Waals surface area contributed by atoms with Crippen molar-refractivity contribution in [1.82, 2.24) is 9.88 Å². The molecule has 1 aliphatic rings. The Morgan fingerprint density at radius 3 is 3.06 bits per heavy atom. The molecule has 0 aromatic carbocycles. The lowest BCUT2D eigenvalue weighted by atomic mass is 10.1. The number of pyridine rings is 1. The Hall–Kier alpha value is -1.20. The monoisotopic (exact) mass is 264 g/mol.